The summed E-state index contributed by atoms with van der Waals surface area (Å²) in [6.45, 7) is 3.98. The van der Waals surface area contributed by atoms with E-state index >= 15 is 0 Å². The molecule has 3 atom stereocenters. The number of hydrogen-bond acceptors (Lipinski definition) is 5. The van der Waals surface area contributed by atoms with E-state index in [1.165, 1.54) is 6.26 Å². The number of rotatable bonds is 4. The standard InChI is InChI=1S/C14H22N2O4S/c1-10-5-6-11(20-10)8-16-9-12(15-21(2,17)18)14-13(16)4-3-7-19-14/h5-6,12-15H,3-4,7-9H2,1-2H3/t12-,13-,14-/m0/s1. The Morgan fingerprint density at radius 3 is 2.90 bits per heavy atom. The lowest BCUT2D eigenvalue weighted by Gasteiger charge is -2.32. The van der Waals surface area contributed by atoms with Gasteiger partial charge in [-0.15, -0.1) is 0 Å². The molecular weight excluding hydrogens is 292 g/mol. The average Bonchev–Trinajstić information content (AvgIpc) is 2.94. The highest BCUT2D eigenvalue weighted by Crippen LogP contribution is 2.30. The van der Waals surface area contributed by atoms with Crippen molar-refractivity contribution in [1.82, 2.24) is 9.62 Å². The van der Waals surface area contributed by atoms with Gasteiger partial charge in [0.25, 0.3) is 0 Å². The minimum Gasteiger partial charge on any atom is -0.465 e. The van der Waals surface area contributed by atoms with Crippen LogP contribution in [0.15, 0.2) is 16.5 Å². The van der Waals surface area contributed by atoms with Gasteiger partial charge in [0.2, 0.25) is 10.0 Å². The highest BCUT2D eigenvalue weighted by molar-refractivity contribution is 7.88. The first-order valence-corrected chi connectivity index (χ1v) is 9.20. The maximum Gasteiger partial charge on any atom is 0.209 e. The molecular formula is C14H22N2O4S. The molecule has 2 fully saturated rings. The molecule has 0 aromatic carbocycles. The highest BCUT2D eigenvalue weighted by atomic mass is 32.2. The van der Waals surface area contributed by atoms with Gasteiger partial charge in [0.15, 0.2) is 0 Å². The number of ether oxygens (including phenoxy) is 1. The smallest absolute Gasteiger partial charge is 0.209 e. The number of hydrogen-bond donors (Lipinski definition) is 1. The third-order valence-corrected chi connectivity index (χ3v) is 4.88. The van der Waals surface area contributed by atoms with Crippen LogP contribution in [0.2, 0.25) is 0 Å². The molecule has 0 spiro atoms. The van der Waals surface area contributed by atoms with Gasteiger partial charge in [0.1, 0.15) is 11.5 Å². The largest absolute Gasteiger partial charge is 0.465 e. The van der Waals surface area contributed by atoms with Crippen LogP contribution < -0.4 is 4.72 Å². The summed E-state index contributed by atoms with van der Waals surface area (Å²) in [7, 11) is -3.23. The molecule has 1 aromatic heterocycles. The zero-order valence-corrected chi connectivity index (χ0v) is 13.2. The van der Waals surface area contributed by atoms with Crippen molar-refractivity contribution >= 4 is 10.0 Å². The third kappa shape index (κ3) is 3.48. The number of nitrogens with one attached hydrogen (secondary N) is 1. The number of likely N-dealkylation sites (tertiary alicyclic amines) is 1. The molecule has 3 heterocycles. The van der Waals surface area contributed by atoms with E-state index < -0.39 is 10.0 Å². The Balaban J connectivity index is 1.74. The summed E-state index contributed by atoms with van der Waals surface area (Å²) in [4.78, 5) is 2.27. The zero-order valence-electron chi connectivity index (χ0n) is 12.4. The van der Waals surface area contributed by atoms with Crippen LogP contribution in [-0.2, 0) is 21.3 Å². The van der Waals surface area contributed by atoms with Gasteiger partial charge in [0.05, 0.1) is 24.9 Å². The summed E-state index contributed by atoms with van der Waals surface area (Å²) in [6.07, 6.45) is 3.18. The van der Waals surface area contributed by atoms with Crippen LogP contribution in [0, 0.1) is 6.92 Å². The lowest BCUT2D eigenvalue weighted by Crippen LogP contribution is -2.47. The van der Waals surface area contributed by atoms with Crippen LogP contribution in [0.25, 0.3) is 0 Å². The molecule has 0 bridgehead atoms. The first-order valence-electron chi connectivity index (χ1n) is 7.31. The molecule has 0 saturated carbocycles. The minimum absolute atomic E-state index is 0.0652. The molecule has 0 aliphatic carbocycles. The Bertz CT molecular complexity index is 598. The van der Waals surface area contributed by atoms with Crippen molar-refractivity contribution < 1.29 is 17.6 Å². The molecule has 1 aromatic rings. The van der Waals surface area contributed by atoms with Gasteiger partial charge in [-0.3, -0.25) is 4.90 Å². The molecule has 0 radical (unpaired) electrons. The van der Waals surface area contributed by atoms with E-state index in [-0.39, 0.29) is 18.2 Å². The Morgan fingerprint density at radius 2 is 2.24 bits per heavy atom. The Labute approximate surface area is 125 Å². The van der Waals surface area contributed by atoms with Gasteiger partial charge < -0.3 is 9.15 Å². The van der Waals surface area contributed by atoms with Gasteiger partial charge in [0, 0.05) is 19.2 Å². The second-order valence-corrected chi connectivity index (χ2v) is 7.76. The number of fused-ring (bicyclic) bond motifs is 1. The fourth-order valence-corrected chi connectivity index (χ4v) is 4.14. The molecule has 1 N–H and O–H groups in total. The lowest BCUT2D eigenvalue weighted by molar-refractivity contribution is -0.0201. The van der Waals surface area contributed by atoms with Gasteiger partial charge in [-0.2, -0.15) is 0 Å². The maximum absolute atomic E-state index is 11.5. The first kappa shape index (κ1) is 15.0. The minimum atomic E-state index is -3.23. The van der Waals surface area contributed by atoms with Crippen LogP contribution in [-0.4, -0.2) is 50.9 Å². The second-order valence-electron chi connectivity index (χ2n) is 5.98. The summed E-state index contributed by atoms with van der Waals surface area (Å²) in [6, 6.07) is 4.00. The SMILES string of the molecule is Cc1ccc(CN2C[C@H](NS(C)(=O)=O)[C@@H]3OCCC[C@@H]32)o1. The fourth-order valence-electron chi connectivity index (χ4n) is 3.39. The van der Waals surface area contributed by atoms with Crippen LogP contribution in [0.3, 0.4) is 0 Å². The van der Waals surface area contributed by atoms with Crippen molar-refractivity contribution in [3.8, 4) is 0 Å². The molecule has 7 heteroatoms. The summed E-state index contributed by atoms with van der Waals surface area (Å²) >= 11 is 0. The number of sulfonamides is 1. The van der Waals surface area contributed by atoms with E-state index in [9.17, 15) is 8.42 Å². The van der Waals surface area contributed by atoms with Crippen molar-refractivity contribution in [1.29, 1.82) is 0 Å². The highest BCUT2D eigenvalue weighted by Gasteiger charge is 2.45. The van der Waals surface area contributed by atoms with E-state index in [2.05, 4.69) is 9.62 Å². The third-order valence-electron chi connectivity index (χ3n) is 4.15. The Hall–Kier alpha value is -0.890. The van der Waals surface area contributed by atoms with E-state index in [1.807, 2.05) is 19.1 Å². The van der Waals surface area contributed by atoms with Crippen molar-refractivity contribution in [3.63, 3.8) is 0 Å². The van der Waals surface area contributed by atoms with Gasteiger partial charge in [-0.05, 0) is 31.9 Å². The quantitative estimate of drug-likeness (QED) is 0.893. The van der Waals surface area contributed by atoms with E-state index in [1.54, 1.807) is 0 Å². The van der Waals surface area contributed by atoms with Crippen molar-refractivity contribution in [3.05, 3.63) is 23.7 Å². The number of aryl methyl sites for hydroxylation is 1. The molecule has 6 nitrogen and oxygen atoms in total. The van der Waals surface area contributed by atoms with Crippen molar-refractivity contribution in [2.45, 2.75) is 44.5 Å². The van der Waals surface area contributed by atoms with Crippen LogP contribution in [0.1, 0.15) is 24.4 Å². The fraction of sp³-hybridized carbons (Fsp3) is 0.714. The summed E-state index contributed by atoms with van der Waals surface area (Å²) in [5.74, 6) is 1.81. The molecule has 21 heavy (non-hydrogen) atoms. The van der Waals surface area contributed by atoms with Crippen LogP contribution in [0.4, 0.5) is 0 Å². The number of nitrogens with zero attached hydrogens (tertiary/aromatic N) is 1. The molecule has 118 valence electrons. The average molecular weight is 314 g/mol. The molecule has 2 aliphatic rings. The second kappa shape index (κ2) is 5.72. The lowest BCUT2D eigenvalue weighted by atomic mass is 10.0. The van der Waals surface area contributed by atoms with Crippen molar-refractivity contribution in [2.24, 2.45) is 0 Å². The topological polar surface area (TPSA) is 71.8 Å². The van der Waals surface area contributed by atoms with E-state index in [0.717, 1.165) is 24.4 Å². The number of furan rings is 1. The summed E-state index contributed by atoms with van der Waals surface area (Å²) in [5, 5.41) is 0. The van der Waals surface area contributed by atoms with E-state index in [4.69, 9.17) is 9.15 Å². The monoisotopic (exact) mass is 314 g/mol. The van der Waals surface area contributed by atoms with Gasteiger partial charge >= 0.3 is 0 Å². The summed E-state index contributed by atoms with van der Waals surface area (Å²) < 4.78 is 37.2. The predicted octanol–water partition coefficient (Wildman–Crippen LogP) is 0.869. The van der Waals surface area contributed by atoms with E-state index in [0.29, 0.717) is 19.7 Å². The predicted molar refractivity (Wildman–Crippen MR) is 78.4 cm³/mol. The molecule has 0 amide bonds. The molecule has 2 saturated heterocycles. The van der Waals surface area contributed by atoms with Gasteiger partial charge in [-0.1, -0.05) is 0 Å². The first-order chi connectivity index (χ1) is 9.92. The van der Waals surface area contributed by atoms with Crippen molar-refractivity contribution in [2.75, 3.05) is 19.4 Å². The normalized spacial score (nSPS) is 30.5. The molecule has 3 rings (SSSR count). The summed E-state index contributed by atoms with van der Waals surface area (Å²) in [5.41, 5.74) is 0. The van der Waals surface area contributed by atoms with Crippen LogP contribution in [0.5, 0.6) is 0 Å². The Kier molecular flexibility index (Phi) is 4.09. The maximum atomic E-state index is 11.5. The van der Waals surface area contributed by atoms with Gasteiger partial charge in [-0.25, -0.2) is 13.1 Å². The van der Waals surface area contributed by atoms with Crippen LogP contribution >= 0.6 is 0 Å². The zero-order chi connectivity index (χ0) is 15.0. The molecule has 2 aliphatic heterocycles. The Morgan fingerprint density at radius 1 is 1.43 bits per heavy atom. The molecule has 0 unspecified atom stereocenters.